The quantitative estimate of drug-likeness (QED) is 0.288. The molecule has 0 unspecified atom stereocenters. The third-order valence-electron chi connectivity index (χ3n) is 8.87. The lowest BCUT2D eigenvalue weighted by Crippen LogP contribution is -2.47. The average Bonchev–Trinajstić information content (AvgIpc) is 3.85. The monoisotopic (exact) mass is 643 g/mol. The van der Waals surface area contributed by atoms with Crippen LogP contribution in [-0.2, 0) is 16.1 Å². The van der Waals surface area contributed by atoms with Gasteiger partial charge in [-0.2, -0.15) is 5.10 Å². The molecule has 0 aromatic carbocycles. The lowest BCUT2D eigenvalue weighted by Gasteiger charge is -2.27. The molecule has 0 bridgehead atoms. The molecular weight excluding hydrogens is 614 g/mol. The van der Waals surface area contributed by atoms with Crippen LogP contribution in [-0.4, -0.2) is 64.4 Å². The predicted octanol–water partition coefficient (Wildman–Crippen LogP) is 3.66. The van der Waals surface area contributed by atoms with E-state index in [1.807, 2.05) is 12.1 Å². The van der Waals surface area contributed by atoms with Gasteiger partial charge in [-0.15, -0.1) is 0 Å². The fourth-order valence-corrected chi connectivity index (χ4v) is 6.72. The summed E-state index contributed by atoms with van der Waals surface area (Å²) in [6.45, 7) is 5.52. The number of pyridine rings is 2. The minimum Gasteiger partial charge on any atom is -0.364 e. The number of anilines is 1. The molecule has 43 heavy (non-hydrogen) atoms. The Labute approximate surface area is 255 Å². The second-order valence-corrected chi connectivity index (χ2v) is 12.9. The van der Waals surface area contributed by atoms with Crippen LogP contribution in [0.1, 0.15) is 66.1 Å². The lowest BCUT2D eigenvalue weighted by atomic mass is 10.0. The number of aryl methyl sites for hydroxylation is 2. The second-order valence-electron chi connectivity index (χ2n) is 12.1. The molecule has 2 saturated carbocycles. The zero-order valence-corrected chi connectivity index (χ0v) is 25.6. The number of nitrogens with one attached hydrogen (secondary N) is 1. The Morgan fingerprint density at radius 2 is 1.86 bits per heavy atom. The molecule has 1 aliphatic heterocycles. The van der Waals surface area contributed by atoms with Gasteiger partial charge in [0.1, 0.15) is 28.8 Å². The van der Waals surface area contributed by atoms with Gasteiger partial charge in [0.2, 0.25) is 11.8 Å². The van der Waals surface area contributed by atoms with Gasteiger partial charge in [-0.25, -0.2) is 15.0 Å². The summed E-state index contributed by atoms with van der Waals surface area (Å²) in [5.41, 5.74) is 9.01. The van der Waals surface area contributed by atoms with Crippen LogP contribution in [0, 0.1) is 19.3 Å². The molecule has 3 fully saturated rings. The third-order valence-corrected chi connectivity index (χ3v) is 9.31. The fourth-order valence-electron chi connectivity index (χ4n) is 6.41. The SMILES string of the molecule is Cc1ncc(-c2cc3c(C(N)=O)nn(CC(=O)N4[C@H](C(=O)Nc5nc(Br)ccc5C5CC5)C[C@@]5(C)C[C@@H]45)c3c(C)n2)cn1. The van der Waals surface area contributed by atoms with Crippen molar-refractivity contribution in [2.24, 2.45) is 11.1 Å². The van der Waals surface area contributed by atoms with Crippen molar-refractivity contribution in [2.75, 3.05) is 5.32 Å². The number of carbonyl (C=O) groups is 3. The smallest absolute Gasteiger partial charge is 0.269 e. The highest BCUT2D eigenvalue weighted by Crippen LogP contribution is 2.59. The number of fused-ring (bicyclic) bond motifs is 2. The van der Waals surface area contributed by atoms with E-state index in [1.54, 1.807) is 37.2 Å². The Bertz CT molecular complexity index is 1830. The molecule has 0 spiro atoms. The van der Waals surface area contributed by atoms with Gasteiger partial charge in [0, 0.05) is 29.4 Å². The molecule has 13 heteroatoms. The van der Waals surface area contributed by atoms with E-state index in [0.29, 0.717) is 56.4 Å². The molecule has 3 atom stereocenters. The van der Waals surface area contributed by atoms with E-state index in [2.05, 4.69) is 48.2 Å². The van der Waals surface area contributed by atoms with E-state index >= 15 is 0 Å². The zero-order valence-electron chi connectivity index (χ0n) is 24.0. The molecule has 3 aliphatic rings. The summed E-state index contributed by atoms with van der Waals surface area (Å²) >= 11 is 3.41. The first-order valence-electron chi connectivity index (χ1n) is 14.3. The number of likely N-dealkylation sites (tertiary alicyclic amines) is 1. The van der Waals surface area contributed by atoms with E-state index in [4.69, 9.17) is 10.7 Å². The van der Waals surface area contributed by atoms with Crippen molar-refractivity contribution in [1.82, 2.24) is 34.6 Å². The summed E-state index contributed by atoms with van der Waals surface area (Å²) in [5.74, 6) is 0.344. The van der Waals surface area contributed by atoms with Crippen LogP contribution in [0.3, 0.4) is 0 Å². The molecule has 3 amide bonds. The van der Waals surface area contributed by atoms with Crippen LogP contribution in [0.15, 0.2) is 35.2 Å². The van der Waals surface area contributed by atoms with Crippen LogP contribution in [0.2, 0.25) is 0 Å². The summed E-state index contributed by atoms with van der Waals surface area (Å²) in [7, 11) is 0. The molecule has 3 N–H and O–H groups in total. The number of hydrogen-bond acceptors (Lipinski definition) is 8. The number of rotatable bonds is 7. The Morgan fingerprint density at radius 1 is 1.12 bits per heavy atom. The minimum absolute atomic E-state index is 0.0427. The molecule has 1 saturated heterocycles. The Balaban J connectivity index is 1.19. The van der Waals surface area contributed by atoms with Crippen LogP contribution < -0.4 is 11.1 Å². The number of amides is 3. The van der Waals surface area contributed by atoms with Crippen LogP contribution in [0.4, 0.5) is 5.82 Å². The van der Waals surface area contributed by atoms with Crippen molar-refractivity contribution in [3.05, 3.63) is 58.0 Å². The normalized spacial score (nSPS) is 22.5. The van der Waals surface area contributed by atoms with Gasteiger partial charge < -0.3 is 16.0 Å². The zero-order chi connectivity index (χ0) is 30.2. The lowest BCUT2D eigenvalue weighted by molar-refractivity contribution is -0.138. The Morgan fingerprint density at radius 3 is 2.56 bits per heavy atom. The third kappa shape index (κ3) is 4.85. The van der Waals surface area contributed by atoms with E-state index in [1.165, 1.54) is 4.68 Å². The Hall–Kier alpha value is -4.26. The number of hydrogen-bond donors (Lipinski definition) is 2. The van der Waals surface area contributed by atoms with Crippen molar-refractivity contribution in [3.63, 3.8) is 0 Å². The highest BCUT2D eigenvalue weighted by Gasteiger charge is 2.64. The summed E-state index contributed by atoms with van der Waals surface area (Å²) in [5, 5.41) is 7.98. The first kappa shape index (κ1) is 27.6. The maximum atomic E-state index is 14.0. The Kier molecular flexibility index (Phi) is 6.35. The average molecular weight is 645 g/mol. The highest BCUT2D eigenvalue weighted by atomic mass is 79.9. The number of carbonyl (C=O) groups excluding carboxylic acids is 3. The van der Waals surface area contributed by atoms with Crippen molar-refractivity contribution >= 4 is 50.4 Å². The number of primary amides is 1. The van der Waals surface area contributed by atoms with Crippen LogP contribution >= 0.6 is 15.9 Å². The number of aromatic nitrogens is 6. The van der Waals surface area contributed by atoms with E-state index in [0.717, 1.165) is 24.8 Å². The van der Waals surface area contributed by atoms with E-state index < -0.39 is 11.9 Å². The molecule has 12 nitrogen and oxygen atoms in total. The number of piperidine rings is 1. The van der Waals surface area contributed by atoms with E-state index in [9.17, 15) is 14.4 Å². The standard InChI is InChI=1S/C30H30BrN9O3/c1-14-26-19(8-20(35-14)17-11-33-15(2)34-12-17)25(27(32)42)38-39(26)13-24(41)40-21(9-30(3)10-22(30)40)29(43)37-28-18(16-4-5-16)6-7-23(31)36-28/h6-8,11-12,16,21-22H,4-5,9-10,13H2,1-3H3,(H2,32,42)(H,36,37,43)/t21-,22+,30-/m0/s1. The fraction of sp³-hybridized carbons (Fsp3) is 0.400. The molecule has 4 aromatic rings. The molecule has 2 aliphatic carbocycles. The maximum Gasteiger partial charge on any atom is 0.269 e. The van der Waals surface area contributed by atoms with Crippen molar-refractivity contribution in [2.45, 2.75) is 71.0 Å². The van der Waals surface area contributed by atoms with Gasteiger partial charge in [-0.1, -0.05) is 13.0 Å². The summed E-state index contributed by atoms with van der Waals surface area (Å²) in [6, 6.07) is 4.91. The van der Waals surface area contributed by atoms with Crippen molar-refractivity contribution < 1.29 is 14.4 Å². The van der Waals surface area contributed by atoms with Crippen molar-refractivity contribution in [1.29, 1.82) is 0 Å². The van der Waals surface area contributed by atoms with Gasteiger partial charge in [0.25, 0.3) is 5.91 Å². The molecular formula is C30H30BrN9O3. The van der Waals surface area contributed by atoms with Gasteiger partial charge >= 0.3 is 0 Å². The second kappa shape index (κ2) is 9.90. The maximum absolute atomic E-state index is 14.0. The first-order valence-corrected chi connectivity index (χ1v) is 15.1. The van der Waals surface area contributed by atoms with E-state index in [-0.39, 0.29) is 35.5 Å². The van der Waals surface area contributed by atoms with Gasteiger partial charge in [-0.05, 0) is 84.5 Å². The molecule has 7 rings (SSSR count). The first-order chi connectivity index (χ1) is 20.5. The molecule has 4 aromatic heterocycles. The largest absolute Gasteiger partial charge is 0.364 e. The number of halogens is 1. The van der Waals surface area contributed by atoms with Crippen molar-refractivity contribution in [3.8, 4) is 11.3 Å². The molecule has 220 valence electrons. The molecule has 0 radical (unpaired) electrons. The predicted molar refractivity (Wildman–Crippen MR) is 161 cm³/mol. The van der Waals surface area contributed by atoms with Gasteiger partial charge in [-0.3, -0.25) is 24.0 Å². The van der Waals surface area contributed by atoms with Crippen LogP contribution in [0.25, 0.3) is 22.2 Å². The topological polar surface area (TPSA) is 162 Å². The van der Waals surface area contributed by atoms with Gasteiger partial charge in [0.05, 0.1) is 16.9 Å². The highest BCUT2D eigenvalue weighted by molar-refractivity contribution is 9.10. The molecule has 5 heterocycles. The number of nitrogens with zero attached hydrogens (tertiary/aromatic N) is 7. The van der Waals surface area contributed by atoms with Gasteiger partial charge in [0.15, 0.2) is 5.69 Å². The minimum atomic E-state index is -0.714. The summed E-state index contributed by atoms with van der Waals surface area (Å²) in [4.78, 5) is 59.5. The summed E-state index contributed by atoms with van der Waals surface area (Å²) < 4.78 is 2.11. The number of nitrogens with two attached hydrogens (primary N) is 1. The summed E-state index contributed by atoms with van der Waals surface area (Å²) in [6.07, 6.45) is 6.86. The van der Waals surface area contributed by atoms with Crippen LogP contribution in [0.5, 0.6) is 0 Å².